The van der Waals surface area contributed by atoms with E-state index in [-0.39, 0.29) is 0 Å². The Balaban J connectivity index is 3.39. The van der Waals surface area contributed by atoms with Crippen LogP contribution in [0, 0.1) is 0 Å². The first-order valence-electron chi connectivity index (χ1n) is 11.3. The van der Waals surface area contributed by atoms with Gasteiger partial charge in [0.05, 0.1) is 0 Å². The number of benzene rings is 1. The third-order valence-corrected chi connectivity index (χ3v) is 25.9. The molecular weight excluding hydrogens is 447 g/mol. The van der Waals surface area contributed by atoms with Gasteiger partial charge in [-0.1, -0.05) is 0 Å². The van der Waals surface area contributed by atoms with Crippen LogP contribution in [0.1, 0.15) is 65.7 Å². The average Bonchev–Trinajstić information content (AvgIpc) is 2.68. The number of unbranched alkanes of at least 4 members (excludes halogenated alkanes) is 3. The van der Waals surface area contributed by atoms with Crippen LogP contribution in [-0.2, 0) is 0 Å². The van der Waals surface area contributed by atoms with Gasteiger partial charge in [0.2, 0.25) is 0 Å². The van der Waals surface area contributed by atoms with Crippen molar-refractivity contribution in [3.63, 3.8) is 0 Å². The summed E-state index contributed by atoms with van der Waals surface area (Å²) in [7, 11) is -1.56. The summed E-state index contributed by atoms with van der Waals surface area (Å²) in [6, 6.07) is 11.3. The molecular formula is C25H44SiSn. The first-order chi connectivity index (χ1) is 13.0. The summed E-state index contributed by atoms with van der Waals surface area (Å²) in [4.78, 5) is 0. The number of allylic oxidation sites excluding steroid dienone is 2. The molecule has 1 aromatic carbocycles. The summed E-state index contributed by atoms with van der Waals surface area (Å²) in [6.07, 6.45) is 11.7. The Hall–Kier alpha value is -0.284. The zero-order valence-electron chi connectivity index (χ0n) is 18.8. The van der Waals surface area contributed by atoms with Crippen molar-refractivity contribution in [1.29, 1.82) is 0 Å². The molecule has 27 heavy (non-hydrogen) atoms. The molecule has 1 aromatic rings. The Morgan fingerprint density at radius 1 is 0.889 bits per heavy atom. The van der Waals surface area contributed by atoms with Crippen LogP contribution < -0.4 is 5.19 Å². The first-order valence-corrected chi connectivity index (χ1v) is 21.9. The van der Waals surface area contributed by atoms with Gasteiger partial charge in [-0.15, -0.1) is 0 Å². The fourth-order valence-electron chi connectivity index (χ4n) is 4.37. The predicted octanol–water partition coefficient (Wildman–Crippen LogP) is 8.03. The van der Waals surface area contributed by atoms with Gasteiger partial charge in [-0.2, -0.15) is 0 Å². The van der Waals surface area contributed by atoms with E-state index >= 15 is 0 Å². The zero-order valence-corrected chi connectivity index (χ0v) is 22.7. The third kappa shape index (κ3) is 7.93. The molecule has 152 valence electrons. The van der Waals surface area contributed by atoms with Gasteiger partial charge >= 0.3 is 176 Å². The summed E-state index contributed by atoms with van der Waals surface area (Å²) in [6.45, 7) is 16.4. The number of hydrogen-bond acceptors (Lipinski definition) is 0. The molecule has 0 atom stereocenters. The molecule has 0 unspecified atom stereocenters. The van der Waals surface area contributed by atoms with Crippen LogP contribution in [0.15, 0.2) is 52.3 Å². The van der Waals surface area contributed by atoms with Crippen molar-refractivity contribution in [3.8, 4) is 0 Å². The third-order valence-electron chi connectivity index (χ3n) is 6.12. The molecule has 0 fully saturated rings. The summed E-state index contributed by atoms with van der Waals surface area (Å²) in [5.41, 5.74) is 2.83. The van der Waals surface area contributed by atoms with Gasteiger partial charge in [0.1, 0.15) is 0 Å². The molecule has 0 aliphatic heterocycles. The van der Waals surface area contributed by atoms with Crippen molar-refractivity contribution in [2.75, 3.05) is 0 Å². The number of rotatable bonds is 14. The van der Waals surface area contributed by atoms with E-state index in [1.54, 1.807) is 18.5 Å². The molecule has 0 spiro atoms. The van der Waals surface area contributed by atoms with E-state index in [1.807, 2.05) is 3.59 Å². The summed E-state index contributed by atoms with van der Waals surface area (Å²) >= 11 is -2.35. The van der Waals surface area contributed by atoms with Crippen molar-refractivity contribution < 1.29 is 0 Å². The van der Waals surface area contributed by atoms with Crippen molar-refractivity contribution in [3.05, 3.63) is 52.3 Å². The summed E-state index contributed by atoms with van der Waals surface area (Å²) in [5.74, 6) is 0. The Labute approximate surface area is 175 Å². The topological polar surface area (TPSA) is 0 Å². The van der Waals surface area contributed by atoms with Gasteiger partial charge in [0.25, 0.3) is 0 Å². The maximum atomic E-state index is 4.17. The van der Waals surface area contributed by atoms with Crippen molar-refractivity contribution in [1.82, 2.24) is 0 Å². The minimum atomic E-state index is -2.35. The molecule has 0 aliphatic carbocycles. The number of hydrogen-bond donors (Lipinski definition) is 0. The van der Waals surface area contributed by atoms with E-state index in [1.165, 1.54) is 38.5 Å². The van der Waals surface area contributed by atoms with E-state index in [0.29, 0.717) is 0 Å². The van der Waals surface area contributed by atoms with Crippen LogP contribution in [0.4, 0.5) is 0 Å². The van der Waals surface area contributed by atoms with Crippen molar-refractivity contribution in [2.24, 2.45) is 0 Å². The van der Waals surface area contributed by atoms with Crippen molar-refractivity contribution in [2.45, 2.75) is 92.1 Å². The monoisotopic (exact) mass is 492 g/mol. The van der Waals surface area contributed by atoms with E-state index < -0.39 is 26.5 Å². The van der Waals surface area contributed by atoms with Crippen LogP contribution in [0.3, 0.4) is 0 Å². The van der Waals surface area contributed by atoms with Crippen LogP contribution in [-0.4, -0.2) is 26.5 Å². The molecule has 0 saturated carbocycles. The van der Waals surface area contributed by atoms with E-state index in [2.05, 4.69) is 82.6 Å². The molecule has 0 nitrogen and oxygen atoms in total. The molecule has 2 heteroatoms. The molecule has 0 amide bonds. The molecule has 0 saturated heterocycles. The normalized spacial score (nSPS) is 13.0. The second-order valence-electron chi connectivity index (χ2n) is 8.84. The molecule has 1 rings (SSSR count). The fourth-order valence-corrected chi connectivity index (χ4v) is 28.0. The second-order valence-corrected chi connectivity index (χ2v) is 26.6. The van der Waals surface area contributed by atoms with Gasteiger partial charge in [0.15, 0.2) is 0 Å². The predicted molar refractivity (Wildman–Crippen MR) is 131 cm³/mol. The second kappa shape index (κ2) is 13.0. The Bertz CT molecular complexity index is 537. The standard InChI is InChI=1S/C13H17Si.3C4H9.Sn/c1-4-5-9-12-14(2,3)13-10-7-6-8-11-13;3*1-3-4-2;/h4,6-8,10-12H,1,5H2,2-3H3;3*1,3-4H2,2H3;. The van der Waals surface area contributed by atoms with Crippen molar-refractivity contribution >= 4 is 31.6 Å². The molecule has 0 bridgehead atoms. The molecule has 0 aromatic heterocycles. The van der Waals surface area contributed by atoms with Gasteiger partial charge in [-0.05, 0) is 0 Å². The Morgan fingerprint density at radius 3 is 1.78 bits per heavy atom. The van der Waals surface area contributed by atoms with Crippen LogP contribution >= 0.6 is 0 Å². The van der Waals surface area contributed by atoms with Gasteiger partial charge < -0.3 is 0 Å². The average molecular weight is 491 g/mol. The first kappa shape index (κ1) is 24.8. The molecule has 0 N–H and O–H groups in total. The van der Waals surface area contributed by atoms with E-state index in [9.17, 15) is 0 Å². The van der Waals surface area contributed by atoms with E-state index in [4.69, 9.17) is 0 Å². The fraction of sp³-hybridized carbons (Fsp3) is 0.600. The maximum absolute atomic E-state index is 4.17. The molecule has 0 aliphatic rings. The van der Waals surface area contributed by atoms with Crippen LogP contribution in [0.25, 0.3) is 0 Å². The summed E-state index contributed by atoms with van der Waals surface area (Å²) < 4.78 is 6.59. The molecule has 0 radical (unpaired) electrons. The quantitative estimate of drug-likeness (QED) is 0.183. The molecule has 0 heterocycles. The summed E-state index contributed by atoms with van der Waals surface area (Å²) in [5, 5.41) is 1.58. The van der Waals surface area contributed by atoms with Crippen LogP contribution in [0.5, 0.6) is 0 Å². The van der Waals surface area contributed by atoms with Crippen LogP contribution in [0.2, 0.25) is 26.4 Å². The zero-order chi connectivity index (χ0) is 20.2. The SMILES string of the molecule is C=CC/[C](=C\[Si](C)(C)c1ccccc1)[Sn]([CH2]CCC)([CH2]CCC)[CH2]CCC. The Kier molecular flexibility index (Phi) is 11.9. The van der Waals surface area contributed by atoms with Gasteiger partial charge in [-0.25, -0.2) is 0 Å². The van der Waals surface area contributed by atoms with E-state index in [0.717, 1.165) is 6.42 Å². The van der Waals surface area contributed by atoms with Gasteiger partial charge in [-0.3, -0.25) is 0 Å². The Morgan fingerprint density at radius 2 is 1.37 bits per heavy atom. The van der Waals surface area contributed by atoms with Gasteiger partial charge in [0, 0.05) is 0 Å². The minimum absolute atomic E-state index is 1.15.